The van der Waals surface area contributed by atoms with E-state index in [1.807, 2.05) is 0 Å². The Morgan fingerprint density at radius 3 is 2.49 bits per heavy atom. The van der Waals surface area contributed by atoms with E-state index in [0.29, 0.717) is 0 Å². The van der Waals surface area contributed by atoms with Crippen molar-refractivity contribution in [3.05, 3.63) is 29.3 Å². The van der Waals surface area contributed by atoms with E-state index in [1.54, 1.807) is 6.92 Å². The van der Waals surface area contributed by atoms with E-state index in [-0.39, 0.29) is 34.1 Å². The van der Waals surface area contributed by atoms with Crippen LogP contribution in [-0.2, 0) is 36.7 Å². The van der Waals surface area contributed by atoms with Crippen LogP contribution in [0.3, 0.4) is 0 Å². The summed E-state index contributed by atoms with van der Waals surface area (Å²) in [5, 5.41) is 22.0. The quantitative estimate of drug-likeness (QED) is 0.109. The number of aromatic amines is 1. The average molecular weight is 735 g/mol. The first-order valence-corrected chi connectivity index (χ1v) is 19.2. The van der Waals surface area contributed by atoms with E-state index in [9.17, 15) is 24.1 Å². The second kappa shape index (κ2) is 11.7. The molecule has 21 nitrogen and oxygen atoms in total. The highest BCUT2D eigenvalue weighted by Crippen LogP contribution is 2.62. The fourth-order valence-electron chi connectivity index (χ4n) is 5.95. The highest BCUT2D eigenvalue weighted by Gasteiger charge is 2.59. The number of nitrogens with one attached hydrogen (secondary N) is 1. The maximum Gasteiger partial charge on any atom is 0.386 e. The molecule has 3 aliphatic heterocycles. The predicted molar refractivity (Wildman–Crippen MR) is 166 cm³/mol. The molecular weight excluding hydrogens is 706 g/mol. The summed E-state index contributed by atoms with van der Waals surface area (Å²) in [7, 11) is 0. The second-order valence-electron chi connectivity index (χ2n) is 11.1. The van der Waals surface area contributed by atoms with Gasteiger partial charge in [-0.1, -0.05) is 31.4 Å². The van der Waals surface area contributed by atoms with E-state index in [0.717, 1.165) is 0 Å². The van der Waals surface area contributed by atoms with Gasteiger partial charge in [0, 0.05) is 5.92 Å². The number of H-pyrrole nitrogens is 1. The molecule has 4 aromatic rings. The first-order chi connectivity index (χ1) is 22.2. The zero-order valence-corrected chi connectivity index (χ0v) is 27.6. The van der Waals surface area contributed by atoms with Crippen molar-refractivity contribution >= 4 is 72.2 Å². The Balaban J connectivity index is 1.21. The van der Waals surface area contributed by atoms with Crippen LogP contribution in [0.1, 0.15) is 19.4 Å². The minimum atomic E-state index is -4.39. The average Bonchev–Trinajstić information content (AvgIpc) is 3.76. The Bertz CT molecular complexity index is 2010. The summed E-state index contributed by atoms with van der Waals surface area (Å²) in [6, 6.07) is 0. The zero-order chi connectivity index (χ0) is 33.5. The van der Waals surface area contributed by atoms with Crippen LogP contribution in [0.2, 0.25) is 0 Å². The smallest absolute Gasteiger partial charge is 0.386 e. The molecule has 7 rings (SSSR count). The van der Waals surface area contributed by atoms with Crippen LogP contribution < -0.4 is 17.0 Å². The first-order valence-electron chi connectivity index (χ1n) is 13.8. The third kappa shape index (κ3) is 5.67. The molecule has 0 aromatic carbocycles. The molecule has 25 heteroatoms. The van der Waals surface area contributed by atoms with Crippen LogP contribution in [0, 0.1) is 5.92 Å². The Kier molecular flexibility index (Phi) is 8.21. The summed E-state index contributed by atoms with van der Waals surface area (Å²) >= 11 is 8.28. The summed E-state index contributed by atoms with van der Waals surface area (Å²) < 4.78 is 65.2. The maximum atomic E-state index is 13.7. The normalized spacial score (nSPS) is 38.2. The number of nitrogens with two attached hydrogens (primary N) is 2. The number of hydrogen-bond donors (Lipinski definition) is 7. The monoisotopic (exact) mass is 734 g/mol. The predicted octanol–water partition coefficient (Wildman–Crippen LogP) is 0.171. The highest BCUT2D eigenvalue weighted by molar-refractivity contribution is 8.44. The van der Waals surface area contributed by atoms with Crippen LogP contribution in [-0.4, -0.2) is 99.1 Å². The largest absolute Gasteiger partial charge is 0.393 e. The van der Waals surface area contributed by atoms with Gasteiger partial charge in [0.25, 0.3) is 5.56 Å². The Labute approximate surface area is 273 Å². The molecule has 4 aromatic heterocycles. The molecule has 7 N–H and O–H groups in total. The minimum absolute atomic E-state index is 0.0458. The molecule has 0 radical (unpaired) electrons. The summed E-state index contributed by atoms with van der Waals surface area (Å²) in [5.41, 5.74) is 9.63. The number of fused-ring (bicyclic) bond motifs is 4. The molecule has 10 atom stereocenters. The topological polar surface area (TPSA) is 289 Å². The van der Waals surface area contributed by atoms with Crippen molar-refractivity contribution in [3.63, 3.8) is 0 Å². The lowest BCUT2D eigenvalue weighted by molar-refractivity contribution is -0.143. The van der Waals surface area contributed by atoms with Crippen molar-refractivity contribution in [2.24, 2.45) is 5.92 Å². The van der Waals surface area contributed by atoms with Gasteiger partial charge in [0.2, 0.25) is 5.95 Å². The van der Waals surface area contributed by atoms with Gasteiger partial charge < -0.3 is 31.2 Å². The molecule has 0 bridgehead atoms. The molecule has 3 saturated heterocycles. The van der Waals surface area contributed by atoms with E-state index in [1.165, 1.54) is 28.1 Å². The standard InChI is InChI=1S/C22H28N10O11P2S2/c1-8-14-22(3-33,41-19(8)32-7-28-11-17(32)29-21(24)30-18(11)35)4-39-45(37,47)42-13-9(2-38-44(36,46)43-14)40-20(12(13)34)31-6-27-10-15(23)25-5-26-16(10)31/h5-9,12-14,19-20,33-34H,2-4H2,1H3,(H,36,46)(H,37,47)(H2,23,25,26)(H3,24,29,30,35)/t8-,9-,12-,13-,14+,19-,20-,22-,44-,45-/m1/s1. The number of ether oxygens (including phenoxy) is 2. The molecule has 0 amide bonds. The van der Waals surface area contributed by atoms with Crippen LogP contribution in [0.5, 0.6) is 0 Å². The lowest BCUT2D eigenvalue weighted by Crippen LogP contribution is -2.49. The third-order valence-electron chi connectivity index (χ3n) is 8.14. The van der Waals surface area contributed by atoms with Gasteiger partial charge in [-0.3, -0.25) is 37.0 Å². The highest BCUT2D eigenvalue weighted by atomic mass is 32.7. The Hall–Kier alpha value is -2.66. The number of hydrogen-bond acceptors (Lipinski definition) is 18. The number of imidazole rings is 2. The van der Waals surface area contributed by atoms with Crippen LogP contribution in [0.25, 0.3) is 22.3 Å². The molecule has 0 spiro atoms. The summed E-state index contributed by atoms with van der Waals surface area (Å²) in [6.07, 6.45) is -4.01. The minimum Gasteiger partial charge on any atom is -0.393 e. The number of nitrogen functional groups attached to an aromatic ring is 2. The zero-order valence-electron chi connectivity index (χ0n) is 24.0. The van der Waals surface area contributed by atoms with E-state index in [2.05, 4.69) is 54.4 Å². The van der Waals surface area contributed by atoms with E-state index >= 15 is 0 Å². The number of aromatic nitrogens is 8. The van der Waals surface area contributed by atoms with Crippen molar-refractivity contribution in [2.75, 3.05) is 31.3 Å². The van der Waals surface area contributed by atoms with Crippen molar-refractivity contribution in [3.8, 4) is 0 Å². The van der Waals surface area contributed by atoms with Crippen LogP contribution in [0.15, 0.2) is 23.8 Å². The fourth-order valence-corrected chi connectivity index (χ4v) is 9.03. The summed E-state index contributed by atoms with van der Waals surface area (Å²) in [4.78, 5) is 35.2. The molecule has 254 valence electrons. The number of nitrogens with zero attached hydrogens (tertiary/aromatic N) is 7. The fraction of sp³-hybridized carbons (Fsp3) is 0.545. The Morgan fingerprint density at radius 1 is 1.04 bits per heavy atom. The van der Waals surface area contributed by atoms with E-state index < -0.39 is 87.4 Å². The van der Waals surface area contributed by atoms with Gasteiger partial charge in [-0.15, -0.1) is 0 Å². The molecule has 3 aliphatic rings. The lowest BCUT2D eigenvalue weighted by Gasteiger charge is -2.35. The summed E-state index contributed by atoms with van der Waals surface area (Å²) in [5.74, 6) is -0.885. The van der Waals surface area contributed by atoms with Gasteiger partial charge >= 0.3 is 13.6 Å². The molecule has 47 heavy (non-hydrogen) atoms. The van der Waals surface area contributed by atoms with Gasteiger partial charge in [-0.25, -0.2) is 29.1 Å². The first kappa shape index (κ1) is 32.9. The SMILES string of the molecule is C[C@H]1[C@H](n2cnc3c(=O)[nH]c(N)nc32)O[C@]2(CO)CO[P@@](=O)(S)O[C@H]3[C@@H](O)[C@H](n4cnc5c(N)ncnc54)O[C@@H]3CO[P@@](=O)(S)O[C@@H]12. The molecule has 0 unspecified atom stereocenters. The van der Waals surface area contributed by atoms with Crippen LogP contribution >= 0.6 is 38.1 Å². The van der Waals surface area contributed by atoms with Crippen molar-refractivity contribution in [1.29, 1.82) is 0 Å². The Morgan fingerprint density at radius 2 is 1.74 bits per heavy atom. The molecular formula is C22H28N10O11P2S2. The maximum absolute atomic E-state index is 13.7. The second-order valence-corrected chi connectivity index (χ2v) is 16.9. The van der Waals surface area contributed by atoms with Crippen molar-refractivity contribution < 1.29 is 46.9 Å². The lowest BCUT2D eigenvalue weighted by atomic mass is 9.92. The van der Waals surface area contributed by atoms with Gasteiger partial charge in [0.1, 0.15) is 48.1 Å². The number of aliphatic hydroxyl groups is 2. The third-order valence-corrected chi connectivity index (χ3v) is 11.3. The van der Waals surface area contributed by atoms with Gasteiger partial charge in [-0.05, 0) is 0 Å². The van der Waals surface area contributed by atoms with Gasteiger partial charge in [0.05, 0.1) is 32.5 Å². The number of aliphatic hydroxyl groups excluding tert-OH is 2. The summed E-state index contributed by atoms with van der Waals surface area (Å²) in [6.45, 7) is -9.14. The number of anilines is 2. The van der Waals surface area contributed by atoms with Crippen LogP contribution in [0.4, 0.5) is 11.8 Å². The van der Waals surface area contributed by atoms with Gasteiger partial charge in [-0.2, -0.15) is 4.98 Å². The number of thiol groups is 2. The van der Waals surface area contributed by atoms with E-state index in [4.69, 9.17) is 39.0 Å². The van der Waals surface area contributed by atoms with Gasteiger partial charge in [0.15, 0.2) is 28.9 Å². The molecule has 0 aliphatic carbocycles. The molecule has 3 fully saturated rings. The molecule has 7 heterocycles. The number of rotatable bonds is 3. The van der Waals surface area contributed by atoms with Crippen molar-refractivity contribution in [2.45, 2.75) is 49.4 Å². The molecule has 0 saturated carbocycles. The van der Waals surface area contributed by atoms with Crippen molar-refractivity contribution in [1.82, 2.24) is 39.0 Å².